The molecule has 220 valence electrons. The molecule has 2 amide bonds. The molecule has 1 N–H and O–H groups in total. The van der Waals surface area contributed by atoms with Gasteiger partial charge in [-0.1, -0.05) is 43.7 Å². The van der Waals surface area contributed by atoms with Gasteiger partial charge < -0.3 is 15.0 Å². The van der Waals surface area contributed by atoms with Gasteiger partial charge in [0.05, 0.1) is 17.7 Å². The predicted molar refractivity (Wildman–Crippen MR) is 158 cm³/mol. The highest BCUT2D eigenvalue weighted by Gasteiger charge is 2.34. The van der Waals surface area contributed by atoms with Crippen LogP contribution in [-0.2, 0) is 26.2 Å². The Morgan fingerprint density at radius 1 is 0.976 bits per heavy atom. The van der Waals surface area contributed by atoms with E-state index >= 15 is 0 Å². The molecular weight excluding hydrogens is 545 g/mol. The molecule has 2 unspecified atom stereocenters. The molecule has 0 spiro atoms. The minimum absolute atomic E-state index is 0.0563. The zero-order valence-corrected chi connectivity index (χ0v) is 24.9. The van der Waals surface area contributed by atoms with Gasteiger partial charge in [0, 0.05) is 12.6 Å². The van der Waals surface area contributed by atoms with E-state index in [1.807, 2.05) is 26.8 Å². The number of carbonyl (C=O) groups excluding carboxylic acids is 2. The van der Waals surface area contributed by atoms with Crippen molar-refractivity contribution in [1.29, 1.82) is 0 Å². The molecule has 3 aromatic carbocycles. The van der Waals surface area contributed by atoms with Crippen LogP contribution in [0.1, 0.15) is 44.7 Å². The van der Waals surface area contributed by atoms with Crippen LogP contribution in [0.15, 0.2) is 77.7 Å². The molecule has 0 aromatic heterocycles. The van der Waals surface area contributed by atoms with Crippen LogP contribution in [0.25, 0.3) is 0 Å². The van der Waals surface area contributed by atoms with Gasteiger partial charge in [-0.05, 0) is 80.8 Å². The Kier molecular flexibility index (Phi) is 10.9. The minimum atomic E-state index is -4.27. The maximum atomic E-state index is 14.1. The molecule has 0 aliphatic carbocycles. The lowest BCUT2D eigenvalue weighted by Gasteiger charge is -2.33. The Morgan fingerprint density at radius 3 is 2.22 bits per heavy atom. The van der Waals surface area contributed by atoms with E-state index in [0.29, 0.717) is 18.6 Å². The van der Waals surface area contributed by atoms with E-state index in [-0.39, 0.29) is 29.1 Å². The third-order valence-corrected chi connectivity index (χ3v) is 8.66. The monoisotopic (exact) mass is 583 g/mol. The van der Waals surface area contributed by atoms with Crippen molar-refractivity contribution in [3.05, 3.63) is 89.7 Å². The third kappa shape index (κ3) is 8.07. The first-order valence-corrected chi connectivity index (χ1v) is 15.0. The maximum Gasteiger partial charge on any atom is 0.264 e. The molecule has 0 aliphatic heterocycles. The summed E-state index contributed by atoms with van der Waals surface area (Å²) in [6.07, 6.45) is 1.02. The van der Waals surface area contributed by atoms with Crippen molar-refractivity contribution < 1.29 is 27.1 Å². The number of anilines is 1. The molecule has 0 saturated heterocycles. The van der Waals surface area contributed by atoms with Crippen molar-refractivity contribution in [3.8, 4) is 5.75 Å². The molecule has 0 saturated carbocycles. The van der Waals surface area contributed by atoms with Crippen LogP contribution in [0.3, 0.4) is 0 Å². The van der Waals surface area contributed by atoms with Gasteiger partial charge in [-0.25, -0.2) is 12.8 Å². The molecule has 0 aliphatic rings. The number of nitrogens with zero attached hydrogens (tertiary/aromatic N) is 2. The Morgan fingerprint density at radius 2 is 1.63 bits per heavy atom. The van der Waals surface area contributed by atoms with Crippen LogP contribution < -0.4 is 14.4 Å². The topological polar surface area (TPSA) is 96.0 Å². The second-order valence-electron chi connectivity index (χ2n) is 9.92. The molecule has 0 bridgehead atoms. The number of methoxy groups -OCH3 is 1. The number of rotatable bonds is 13. The number of hydrogen-bond acceptors (Lipinski definition) is 5. The second kappa shape index (κ2) is 14.1. The Bertz CT molecular complexity index is 1430. The fourth-order valence-electron chi connectivity index (χ4n) is 4.30. The van der Waals surface area contributed by atoms with Crippen molar-refractivity contribution in [1.82, 2.24) is 10.2 Å². The zero-order chi connectivity index (χ0) is 30.2. The average Bonchev–Trinajstić information content (AvgIpc) is 2.96. The molecule has 3 rings (SSSR count). The van der Waals surface area contributed by atoms with E-state index < -0.39 is 34.3 Å². The van der Waals surface area contributed by atoms with Crippen molar-refractivity contribution in [2.45, 2.75) is 64.1 Å². The molecule has 0 fully saturated rings. The van der Waals surface area contributed by atoms with Crippen LogP contribution in [0.2, 0.25) is 0 Å². The summed E-state index contributed by atoms with van der Waals surface area (Å²) in [5.74, 6) is -0.872. The molecule has 41 heavy (non-hydrogen) atoms. The number of benzene rings is 3. The third-order valence-electron chi connectivity index (χ3n) is 6.88. The number of amides is 2. The molecule has 0 radical (unpaired) electrons. The van der Waals surface area contributed by atoms with E-state index in [0.717, 1.165) is 27.6 Å². The summed E-state index contributed by atoms with van der Waals surface area (Å²) in [7, 11) is -2.73. The summed E-state index contributed by atoms with van der Waals surface area (Å²) in [6.45, 7) is 6.99. The summed E-state index contributed by atoms with van der Waals surface area (Å²) < 4.78 is 47.6. The minimum Gasteiger partial charge on any atom is -0.497 e. The summed E-state index contributed by atoms with van der Waals surface area (Å²) >= 11 is 0. The van der Waals surface area contributed by atoms with Crippen LogP contribution in [0.5, 0.6) is 5.75 Å². The number of halogens is 1. The molecule has 2 atom stereocenters. The number of sulfonamides is 1. The first kappa shape index (κ1) is 31.6. The normalized spacial score (nSPS) is 12.7. The Balaban J connectivity index is 2.06. The van der Waals surface area contributed by atoms with Gasteiger partial charge in [0.25, 0.3) is 10.0 Å². The number of ether oxygens (including phenoxy) is 1. The summed E-state index contributed by atoms with van der Waals surface area (Å²) in [4.78, 5) is 28.7. The Hall–Kier alpha value is -3.92. The number of carbonyl (C=O) groups is 2. The number of aryl methyl sites for hydroxylation is 1. The van der Waals surface area contributed by atoms with Crippen molar-refractivity contribution in [2.75, 3.05) is 18.0 Å². The van der Waals surface area contributed by atoms with Gasteiger partial charge in [0.15, 0.2) is 0 Å². The first-order chi connectivity index (χ1) is 19.5. The standard InChI is InChI=1S/C31H38FN3O5S/c1-6-23(4)33-31(37)29(7-2)34(20-24-9-8-10-27(19-24)40-5)30(36)21-35(26-15-11-22(3)12-16-26)41(38,39)28-17-13-25(32)14-18-28/h8-19,23,29H,6-7,20-21H2,1-5H3,(H,33,37). The molecule has 0 heterocycles. The maximum absolute atomic E-state index is 14.1. The summed E-state index contributed by atoms with van der Waals surface area (Å²) in [5.41, 5.74) is 1.90. The van der Waals surface area contributed by atoms with E-state index in [1.54, 1.807) is 49.4 Å². The van der Waals surface area contributed by atoms with E-state index in [9.17, 15) is 22.4 Å². The average molecular weight is 584 g/mol. The lowest BCUT2D eigenvalue weighted by Crippen LogP contribution is -2.53. The molecule has 8 nitrogen and oxygen atoms in total. The first-order valence-electron chi connectivity index (χ1n) is 13.6. The highest BCUT2D eigenvalue weighted by Crippen LogP contribution is 2.26. The molecule has 10 heteroatoms. The number of hydrogen-bond donors (Lipinski definition) is 1. The summed E-state index contributed by atoms with van der Waals surface area (Å²) in [6, 6.07) is 17.4. The zero-order valence-electron chi connectivity index (χ0n) is 24.1. The van der Waals surface area contributed by atoms with Crippen LogP contribution >= 0.6 is 0 Å². The Labute approximate surface area is 242 Å². The number of nitrogens with one attached hydrogen (secondary N) is 1. The molecular formula is C31H38FN3O5S. The van der Waals surface area contributed by atoms with Crippen molar-refractivity contribution in [2.24, 2.45) is 0 Å². The SMILES string of the molecule is CCC(C)NC(=O)C(CC)N(Cc1cccc(OC)c1)C(=O)CN(c1ccc(C)cc1)S(=O)(=O)c1ccc(F)cc1. The highest BCUT2D eigenvalue weighted by molar-refractivity contribution is 7.92. The van der Waals surface area contributed by atoms with Crippen molar-refractivity contribution >= 4 is 27.5 Å². The predicted octanol–water partition coefficient (Wildman–Crippen LogP) is 5.06. The lowest BCUT2D eigenvalue weighted by atomic mass is 10.1. The largest absolute Gasteiger partial charge is 0.497 e. The van der Waals surface area contributed by atoms with Gasteiger partial charge in [0.2, 0.25) is 11.8 Å². The van der Waals surface area contributed by atoms with Gasteiger partial charge in [-0.3, -0.25) is 13.9 Å². The summed E-state index contributed by atoms with van der Waals surface area (Å²) in [5, 5.41) is 2.95. The van der Waals surface area contributed by atoms with E-state index in [4.69, 9.17) is 4.74 Å². The quantitative estimate of drug-likeness (QED) is 0.304. The molecule has 3 aromatic rings. The van der Waals surface area contributed by atoms with Gasteiger partial charge in [0.1, 0.15) is 24.2 Å². The lowest BCUT2D eigenvalue weighted by molar-refractivity contribution is -0.140. The van der Waals surface area contributed by atoms with E-state index in [1.165, 1.54) is 24.1 Å². The fourth-order valence-corrected chi connectivity index (χ4v) is 5.72. The van der Waals surface area contributed by atoms with Gasteiger partial charge in [-0.2, -0.15) is 0 Å². The van der Waals surface area contributed by atoms with Crippen LogP contribution in [0, 0.1) is 12.7 Å². The highest BCUT2D eigenvalue weighted by atomic mass is 32.2. The van der Waals surface area contributed by atoms with Crippen molar-refractivity contribution in [3.63, 3.8) is 0 Å². The van der Waals surface area contributed by atoms with Gasteiger partial charge in [-0.15, -0.1) is 0 Å². The van der Waals surface area contributed by atoms with Gasteiger partial charge >= 0.3 is 0 Å². The van der Waals surface area contributed by atoms with E-state index in [2.05, 4.69) is 5.32 Å². The fraction of sp³-hybridized carbons (Fsp3) is 0.355. The second-order valence-corrected chi connectivity index (χ2v) is 11.8. The smallest absolute Gasteiger partial charge is 0.264 e. The van der Waals surface area contributed by atoms with Crippen LogP contribution in [-0.4, -0.2) is 50.9 Å². The van der Waals surface area contributed by atoms with Crippen LogP contribution in [0.4, 0.5) is 10.1 Å².